The van der Waals surface area contributed by atoms with E-state index in [9.17, 15) is 12.6 Å². The van der Waals surface area contributed by atoms with E-state index < -0.39 is 25.2 Å². The van der Waals surface area contributed by atoms with E-state index in [0.717, 1.165) is 24.8 Å². The van der Waals surface area contributed by atoms with Gasteiger partial charge >= 0.3 is 0 Å². The number of benzene rings is 2. The lowest BCUT2D eigenvalue weighted by molar-refractivity contribution is 0.338. The zero-order valence-electron chi connectivity index (χ0n) is 15.6. The first-order valence-corrected chi connectivity index (χ1v) is 12.4. The molecule has 1 heterocycles. The van der Waals surface area contributed by atoms with Crippen molar-refractivity contribution in [3.8, 4) is 0 Å². The van der Waals surface area contributed by atoms with Crippen LogP contribution in [0.1, 0.15) is 24.8 Å². The largest absolute Gasteiger partial charge is 0.353 e. The minimum absolute atomic E-state index is 0.0384. The molecule has 2 aromatic rings. The van der Waals surface area contributed by atoms with Crippen LogP contribution in [0.4, 0.5) is 0 Å². The van der Waals surface area contributed by atoms with Gasteiger partial charge in [0.05, 0.1) is 9.79 Å². The number of sulfonamides is 1. The lowest BCUT2D eigenvalue weighted by atomic mass is 9.93. The van der Waals surface area contributed by atoms with Gasteiger partial charge in [0.1, 0.15) is 15.8 Å². The van der Waals surface area contributed by atoms with E-state index in [2.05, 4.69) is 15.9 Å². The van der Waals surface area contributed by atoms with Crippen LogP contribution in [0.2, 0.25) is 0 Å². The predicted octanol–water partition coefficient (Wildman–Crippen LogP) is 4.29. The lowest BCUT2D eigenvalue weighted by Crippen LogP contribution is -2.18. The van der Waals surface area contributed by atoms with Gasteiger partial charge in [-0.2, -0.15) is 8.42 Å². The topological polar surface area (TPSA) is 76.1 Å². The highest BCUT2D eigenvalue weighted by Gasteiger charge is 2.52. The van der Waals surface area contributed by atoms with Crippen LogP contribution in [0.25, 0.3) is 0 Å². The number of aryl methyl sites for hydroxylation is 1. The minimum atomic E-state index is -4.09. The second kappa shape index (κ2) is 7.46. The third kappa shape index (κ3) is 3.79. The van der Waals surface area contributed by atoms with Crippen LogP contribution in [-0.2, 0) is 24.5 Å². The Bertz CT molecular complexity index is 1100. The van der Waals surface area contributed by atoms with Gasteiger partial charge in [-0.25, -0.2) is 4.21 Å². The smallest absolute Gasteiger partial charge is 0.290 e. The van der Waals surface area contributed by atoms with Crippen molar-refractivity contribution in [2.75, 3.05) is 0 Å². The monoisotopic (exact) mass is 417 g/mol. The van der Waals surface area contributed by atoms with Gasteiger partial charge in [-0.15, -0.1) is 0 Å². The van der Waals surface area contributed by atoms with Crippen LogP contribution in [0.15, 0.2) is 80.3 Å². The summed E-state index contributed by atoms with van der Waals surface area (Å²) < 4.78 is 49.6. The summed E-state index contributed by atoms with van der Waals surface area (Å²) in [6, 6.07) is 15.0. The van der Waals surface area contributed by atoms with E-state index in [4.69, 9.17) is 4.74 Å². The molecule has 0 bridgehead atoms. The van der Waals surface area contributed by atoms with Gasteiger partial charge < -0.3 is 4.74 Å². The Morgan fingerprint density at radius 1 is 0.964 bits per heavy atom. The molecule has 2 unspecified atom stereocenters. The van der Waals surface area contributed by atoms with Crippen molar-refractivity contribution in [1.82, 2.24) is 0 Å². The van der Waals surface area contributed by atoms with Crippen LogP contribution in [0.5, 0.6) is 0 Å². The summed E-state index contributed by atoms with van der Waals surface area (Å²) in [7, 11) is -7.40. The lowest BCUT2D eigenvalue weighted by Gasteiger charge is -2.14. The molecule has 4 atom stereocenters. The van der Waals surface area contributed by atoms with E-state index in [-0.39, 0.29) is 16.9 Å². The molecule has 28 heavy (non-hydrogen) atoms. The summed E-state index contributed by atoms with van der Waals surface area (Å²) in [5.74, 6) is 0.153. The zero-order chi connectivity index (χ0) is 19.8. The first-order valence-electron chi connectivity index (χ1n) is 9.36. The van der Waals surface area contributed by atoms with Crippen molar-refractivity contribution in [2.24, 2.45) is 9.69 Å². The Balaban J connectivity index is 1.77. The maximum absolute atomic E-state index is 14.0. The van der Waals surface area contributed by atoms with Crippen molar-refractivity contribution in [3.05, 3.63) is 72.3 Å². The summed E-state index contributed by atoms with van der Waals surface area (Å²) >= 11 is 0. The first kappa shape index (κ1) is 19.4. The predicted molar refractivity (Wildman–Crippen MR) is 109 cm³/mol. The van der Waals surface area contributed by atoms with Crippen molar-refractivity contribution in [1.29, 1.82) is 0 Å². The molecule has 0 radical (unpaired) electrons. The van der Waals surface area contributed by atoms with Gasteiger partial charge in [0.15, 0.2) is 5.44 Å². The van der Waals surface area contributed by atoms with Crippen molar-refractivity contribution >= 4 is 19.8 Å². The van der Waals surface area contributed by atoms with E-state index >= 15 is 0 Å². The van der Waals surface area contributed by atoms with Crippen molar-refractivity contribution < 1.29 is 17.4 Å². The van der Waals surface area contributed by atoms with Gasteiger partial charge in [0, 0.05) is 5.92 Å². The van der Waals surface area contributed by atoms with E-state index in [1.807, 2.05) is 6.92 Å². The Morgan fingerprint density at radius 3 is 2.32 bits per heavy atom. The first-order chi connectivity index (χ1) is 13.4. The number of allylic oxidation sites excluding steroid dienone is 1. The van der Waals surface area contributed by atoms with Gasteiger partial charge in [-0.05, 0) is 50.5 Å². The summed E-state index contributed by atoms with van der Waals surface area (Å²) in [6.45, 7) is 1.88. The molecule has 5 nitrogen and oxygen atoms in total. The van der Waals surface area contributed by atoms with Gasteiger partial charge in [-0.1, -0.05) is 51.8 Å². The molecule has 2 aliphatic rings. The fourth-order valence-corrected chi connectivity index (χ4v) is 7.85. The van der Waals surface area contributed by atoms with E-state index in [1.165, 1.54) is 12.1 Å². The highest BCUT2D eigenvalue weighted by Crippen LogP contribution is 2.42. The fourth-order valence-electron chi connectivity index (χ4n) is 3.52. The number of ether oxygens (including phenoxy) is 1. The van der Waals surface area contributed by atoms with Crippen LogP contribution in [-0.4, -0.2) is 24.2 Å². The summed E-state index contributed by atoms with van der Waals surface area (Å²) in [5.41, 5.74) is 0.222. The fraction of sp³-hybridized carbons (Fsp3) is 0.333. The molecule has 148 valence electrons. The normalized spacial score (nSPS) is 26.4. The molecule has 1 aliphatic carbocycles. The van der Waals surface area contributed by atoms with E-state index in [1.54, 1.807) is 42.5 Å². The molecule has 0 aromatic heterocycles. The molecule has 0 spiro atoms. The summed E-state index contributed by atoms with van der Waals surface area (Å²) in [5, 5.41) is 0. The number of hydrogen-bond donors (Lipinski definition) is 0. The number of hydrogen-bond acceptors (Lipinski definition) is 4. The molecule has 1 saturated heterocycles. The number of epoxide rings is 1. The van der Waals surface area contributed by atoms with Crippen LogP contribution < -0.4 is 0 Å². The Morgan fingerprint density at radius 2 is 1.68 bits per heavy atom. The molecule has 7 heteroatoms. The average Bonchev–Trinajstić information content (AvgIpc) is 3.51. The highest BCUT2D eigenvalue weighted by atomic mass is 32.3. The third-order valence-corrected chi connectivity index (χ3v) is 9.62. The van der Waals surface area contributed by atoms with Crippen LogP contribution >= 0.6 is 0 Å². The SMILES string of the molecule is Cc1ccc(S(=O)(=O)N=S(=O)(c2ccccc2)[C@H]2O[C@H]2C2C=CCCC2)cc1. The molecule has 1 fully saturated rings. The number of nitrogens with zero attached hydrogens (tertiary/aromatic N) is 1. The molecule has 0 saturated carbocycles. The Hall–Kier alpha value is -1.96. The molecule has 4 rings (SSSR count). The van der Waals surface area contributed by atoms with Crippen LogP contribution in [0, 0.1) is 12.8 Å². The quantitative estimate of drug-likeness (QED) is 0.537. The molecular formula is C21H23NO4S2. The average molecular weight is 418 g/mol. The second-order valence-corrected chi connectivity index (χ2v) is 11.3. The Labute approximate surface area is 166 Å². The standard InChI is InChI=1S/C21H23NO4S2/c1-16-12-14-19(15-13-16)28(24,25)22-27(23,18-10-6-3-7-11-18)21-20(26-21)17-8-4-2-5-9-17/h3-4,6-8,10-15,17,20-21H,2,5,9H2,1H3/t17?,20-,21+,27?/m0/s1. The molecule has 0 amide bonds. The molecule has 1 aliphatic heterocycles. The Kier molecular flexibility index (Phi) is 5.16. The number of rotatable bonds is 5. The molecule has 0 N–H and O–H groups in total. The van der Waals surface area contributed by atoms with Crippen molar-refractivity contribution in [3.63, 3.8) is 0 Å². The van der Waals surface area contributed by atoms with E-state index in [0.29, 0.717) is 4.90 Å². The van der Waals surface area contributed by atoms with Gasteiger partial charge in [-0.3, -0.25) is 0 Å². The molecular weight excluding hydrogens is 394 g/mol. The van der Waals surface area contributed by atoms with Crippen molar-refractivity contribution in [2.45, 2.75) is 47.5 Å². The second-order valence-electron chi connectivity index (χ2n) is 7.24. The third-order valence-electron chi connectivity index (χ3n) is 5.12. The molecule has 2 aromatic carbocycles. The summed E-state index contributed by atoms with van der Waals surface area (Å²) in [4.78, 5) is 0.425. The maximum Gasteiger partial charge on any atom is 0.290 e. The van der Waals surface area contributed by atoms with Gasteiger partial charge in [0.25, 0.3) is 10.0 Å². The van der Waals surface area contributed by atoms with Gasteiger partial charge in [0.2, 0.25) is 0 Å². The maximum atomic E-state index is 14.0. The summed E-state index contributed by atoms with van der Waals surface area (Å²) in [6.07, 6.45) is 6.98. The minimum Gasteiger partial charge on any atom is -0.353 e. The van der Waals surface area contributed by atoms with Crippen LogP contribution in [0.3, 0.4) is 0 Å². The highest BCUT2D eigenvalue weighted by molar-refractivity contribution is 8.03. The zero-order valence-corrected chi connectivity index (χ0v) is 17.2.